The van der Waals surface area contributed by atoms with Crippen molar-refractivity contribution in [1.29, 1.82) is 0 Å². The lowest BCUT2D eigenvalue weighted by molar-refractivity contribution is 0.398. The standard InChI is InChI=1S/C16H18BrFN2O/c1-10-3-5-13(16(7-10)21-2)15(20-19)9-11-8-12(18)4-6-14(11)17/h3-8,15,20H,9,19H2,1-2H3. The molecule has 5 heteroatoms. The summed E-state index contributed by atoms with van der Waals surface area (Å²) in [5.74, 6) is 6.19. The molecular weight excluding hydrogens is 335 g/mol. The van der Waals surface area contributed by atoms with Gasteiger partial charge in [0.05, 0.1) is 13.2 Å². The summed E-state index contributed by atoms with van der Waals surface area (Å²) >= 11 is 3.44. The maximum absolute atomic E-state index is 13.4. The Bertz CT molecular complexity index is 634. The maximum Gasteiger partial charge on any atom is 0.123 e. The van der Waals surface area contributed by atoms with Gasteiger partial charge in [-0.25, -0.2) is 4.39 Å². The van der Waals surface area contributed by atoms with Gasteiger partial charge in [-0.15, -0.1) is 0 Å². The summed E-state index contributed by atoms with van der Waals surface area (Å²) in [5, 5.41) is 0. The van der Waals surface area contributed by atoms with Gasteiger partial charge in [-0.1, -0.05) is 28.1 Å². The molecule has 0 saturated heterocycles. The minimum Gasteiger partial charge on any atom is -0.496 e. The Hall–Kier alpha value is -1.43. The van der Waals surface area contributed by atoms with Crippen LogP contribution in [0.3, 0.4) is 0 Å². The molecule has 0 spiro atoms. The lowest BCUT2D eigenvalue weighted by atomic mass is 9.97. The van der Waals surface area contributed by atoms with Crippen LogP contribution in [0.1, 0.15) is 22.7 Å². The number of hydrogen-bond acceptors (Lipinski definition) is 3. The monoisotopic (exact) mass is 352 g/mol. The third kappa shape index (κ3) is 3.81. The van der Waals surface area contributed by atoms with E-state index in [2.05, 4.69) is 21.4 Å². The normalized spacial score (nSPS) is 12.2. The second kappa shape index (κ2) is 7.02. The molecule has 0 radical (unpaired) electrons. The van der Waals surface area contributed by atoms with Crippen LogP contribution >= 0.6 is 15.9 Å². The van der Waals surface area contributed by atoms with Crippen LogP contribution in [-0.2, 0) is 6.42 Å². The minimum atomic E-state index is -0.264. The fourth-order valence-corrected chi connectivity index (χ4v) is 2.69. The van der Waals surface area contributed by atoms with Crippen molar-refractivity contribution in [3.8, 4) is 5.75 Å². The van der Waals surface area contributed by atoms with Gasteiger partial charge in [0.2, 0.25) is 0 Å². The lowest BCUT2D eigenvalue weighted by Gasteiger charge is -2.20. The molecule has 0 aliphatic rings. The van der Waals surface area contributed by atoms with Gasteiger partial charge in [0.15, 0.2) is 0 Å². The maximum atomic E-state index is 13.4. The smallest absolute Gasteiger partial charge is 0.123 e. The highest BCUT2D eigenvalue weighted by Crippen LogP contribution is 2.30. The molecule has 3 N–H and O–H groups in total. The van der Waals surface area contributed by atoms with Gasteiger partial charge in [0.1, 0.15) is 11.6 Å². The van der Waals surface area contributed by atoms with Crippen molar-refractivity contribution in [1.82, 2.24) is 5.43 Å². The summed E-state index contributed by atoms with van der Waals surface area (Å²) in [6.07, 6.45) is 0.550. The number of hydrogen-bond donors (Lipinski definition) is 2. The number of methoxy groups -OCH3 is 1. The quantitative estimate of drug-likeness (QED) is 0.637. The summed E-state index contributed by atoms with van der Waals surface area (Å²) in [6.45, 7) is 2.00. The molecule has 2 aromatic rings. The van der Waals surface area contributed by atoms with Crippen molar-refractivity contribution in [3.05, 3.63) is 63.4 Å². The number of nitrogens with one attached hydrogen (secondary N) is 1. The third-order valence-corrected chi connectivity index (χ3v) is 4.17. The fourth-order valence-electron chi connectivity index (χ4n) is 2.28. The van der Waals surface area contributed by atoms with Gasteiger partial charge >= 0.3 is 0 Å². The molecular formula is C16H18BrFN2O. The van der Waals surface area contributed by atoms with Crippen molar-refractivity contribution < 1.29 is 9.13 Å². The van der Waals surface area contributed by atoms with E-state index < -0.39 is 0 Å². The molecule has 112 valence electrons. The summed E-state index contributed by atoms with van der Waals surface area (Å²) in [7, 11) is 1.63. The Labute approximate surface area is 132 Å². The highest BCUT2D eigenvalue weighted by Gasteiger charge is 2.17. The zero-order valence-corrected chi connectivity index (χ0v) is 13.6. The Kier molecular flexibility index (Phi) is 5.33. The highest BCUT2D eigenvalue weighted by atomic mass is 79.9. The average molecular weight is 353 g/mol. The predicted octanol–water partition coefficient (Wildman–Crippen LogP) is 3.65. The zero-order chi connectivity index (χ0) is 15.4. The van der Waals surface area contributed by atoms with E-state index in [9.17, 15) is 4.39 Å². The Balaban J connectivity index is 2.34. The van der Waals surface area contributed by atoms with E-state index in [1.165, 1.54) is 12.1 Å². The molecule has 0 aromatic heterocycles. The van der Waals surface area contributed by atoms with E-state index in [1.807, 2.05) is 25.1 Å². The number of benzene rings is 2. The Morgan fingerprint density at radius 2 is 2.05 bits per heavy atom. The molecule has 0 bridgehead atoms. The molecule has 0 aliphatic carbocycles. The fraction of sp³-hybridized carbons (Fsp3) is 0.250. The van der Waals surface area contributed by atoms with Crippen LogP contribution in [0, 0.1) is 12.7 Å². The molecule has 0 aliphatic heterocycles. The first-order valence-corrected chi connectivity index (χ1v) is 7.39. The minimum absolute atomic E-state index is 0.168. The number of rotatable bonds is 5. The summed E-state index contributed by atoms with van der Waals surface area (Å²) in [5.41, 5.74) is 5.69. The van der Waals surface area contributed by atoms with Crippen LogP contribution < -0.4 is 16.0 Å². The molecule has 1 unspecified atom stereocenters. The van der Waals surface area contributed by atoms with Crippen molar-refractivity contribution >= 4 is 15.9 Å². The number of halogens is 2. The number of hydrazine groups is 1. The van der Waals surface area contributed by atoms with Crippen molar-refractivity contribution in [2.45, 2.75) is 19.4 Å². The summed E-state index contributed by atoms with van der Waals surface area (Å²) in [4.78, 5) is 0. The first kappa shape index (κ1) is 15.9. The van der Waals surface area contributed by atoms with Crippen LogP contribution in [0.5, 0.6) is 5.75 Å². The van der Waals surface area contributed by atoms with Gasteiger partial charge in [0, 0.05) is 10.0 Å². The Morgan fingerprint density at radius 1 is 1.29 bits per heavy atom. The molecule has 0 fully saturated rings. The van der Waals surface area contributed by atoms with Crippen molar-refractivity contribution in [2.75, 3.05) is 7.11 Å². The highest BCUT2D eigenvalue weighted by molar-refractivity contribution is 9.10. The SMILES string of the molecule is COc1cc(C)ccc1C(Cc1cc(F)ccc1Br)NN. The predicted molar refractivity (Wildman–Crippen MR) is 85.6 cm³/mol. The first-order valence-electron chi connectivity index (χ1n) is 6.59. The number of nitrogens with two attached hydrogens (primary N) is 1. The number of ether oxygens (including phenoxy) is 1. The van der Waals surface area contributed by atoms with Crippen molar-refractivity contribution in [2.24, 2.45) is 5.84 Å². The summed E-state index contributed by atoms with van der Waals surface area (Å²) in [6, 6.07) is 10.4. The molecule has 21 heavy (non-hydrogen) atoms. The van der Waals surface area contributed by atoms with Gasteiger partial charge in [-0.05, 0) is 48.7 Å². The van der Waals surface area contributed by atoms with E-state index in [-0.39, 0.29) is 11.9 Å². The molecule has 2 aromatic carbocycles. The Morgan fingerprint density at radius 3 is 2.71 bits per heavy atom. The van der Waals surface area contributed by atoms with E-state index in [4.69, 9.17) is 10.6 Å². The molecule has 3 nitrogen and oxygen atoms in total. The zero-order valence-electron chi connectivity index (χ0n) is 12.0. The van der Waals surface area contributed by atoms with E-state index >= 15 is 0 Å². The van der Waals surface area contributed by atoms with E-state index in [0.717, 1.165) is 26.9 Å². The van der Waals surface area contributed by atoms with Gasteiger partial charge in [-0.3, -0.25) is 11.3 Å². The van der Waals surface area contributed by atoms with Crippen LogP contribution in [0.4, 0.5) is 4.39 Å². The topological polar surface area (TPSA) is 47.3 Å². The second-order valence-electron chi connectivity index (χ2n) is 4.90. The largest absolute Gasteiger partial charge is 0.496 e. The molecule has 0 heterocycles. The van der Waals surface area contributed by atoms with E-state index in [1.54, 1.807) is 13.2 Å². The molecule has 0 saturated carbocycles. The average Bonchev–Trinajstić information content (AvgIpc) is 2.48. The van der Waals surface area contributed by atoms with Gasteiger partial charge in [-0.2, -0.15) is 0 Å². The molecule has 2 rings (SSSR count). The van der Waals surface area contributed by atoms with Crippen LogP contribution in [-0.4, -0.2) is 7.11 Å². The van der Waals surface area contributed by atoms with Gasteiger partial charge in [0.25, 0.3) is 0 Å². The van der Waals surface area contributed by atoms with Crippen LogP contribution in [0.25, 0.3) is 0 Å². The van der Waals surface area contributed by atoms with Crippen molar-refractivity contribution in [3.63, 3.8) is 0 Å². The number of aryl methyl sites for hydroxylation is 1. The summed E-state index contributed by atoms with van der Waals surface area (Å²) < 4.78 is 19.7. The van der Waals surface area contributed by atoms with Gasteiger partial charge < -0.3 is 4.74 Å². The first-order chi connectivity index (χ1) is 10.0. The molecule has 1 atom stereocenters. The lowest BCUT2D eigenvalue weighted by Crippen LogP contribution is -2.30. The van der Waals surface area contributed by atoms with E-state index in [0.29, 0.717) is 6.42 Å². The van der Waals surface area contributed by atoms with Crippen LogP contribution in [0.15, 0.2) is 40.9 Å². The van der Waals surface area contributed by atoms with Crippen LogP contribution in [0.2, 0.25) is 0 Å². The third-order valence-electron chi connectivity index (χ3n) is 3.40. The second-order valence-corrected chi connectivity index (χ2v) is 5.76. The molecule has 0 amide bonds.